The number of hydrogen-bond donors (Lipinski definition) is 1. The minimum Gasteiger partial charge on any atom is -0.392 e. The zero-order valence-electron chi connectivity index (χ0n) is 9.44. The lowest BCUT2D eigenvalue weighted by Gasteiger charge is -2.25. The van der Waals surface area contributed by atoms with Crippen LogP contribution in [0.3, 0.4) is 0 Å². The van der Waals surface area contributed by atoms with Crippen LogP contribution in [0.5, 0.6) is 0 Å². The number of halogens is 1. The molecular weight excluding hydrogens is 207 g/mol. The van der Waals surface area contributed by atoms with Crippen LogP contribution in [0.2, 0.25) is 0 Å². The number of aliphatic hydroxyl groups is 1. The fourth-order valence-corrected chi connectivity index (χ4v) is 1.44. The van der Waals surface area contributed by atoms with E-state index in [1.807, 2.05) is 6.92 Å². The third-order valence-electron chi connectivity index (χ3n) is 2.62. The van der Waals surface area contributed by atoms with Gasteiger partial charge in [-0.1, -0.05) is 6.07 Å². The van der Waals surface area contributed by atoms with E-state index >= 15 is 0 Å². The largest absolute Gasteiger partial charge is 0.392 e. The van der Waals surface area contributed by atoms with Crippen LogP contribution in [0.1, 0.15) is 18.9 Å². The Kier molecular flexibility index (Phi) is 4.27. The van der Waals surface area contributed by atoms with Gasteiger partial charge in [-0.25, -0.2) is 4.39 Å². The molecule has 4 heteroatoms. The highest BCUT2D eigenvalue weighted by molar-refractivity contribution is 5.49. The highest BCUT2D eigenvalue weighted by atomic mass is 19.1. The van der Waals surface area contributed by atoms with E-state index < -0.39 is 0 Å². The second-order valence-electron chi connectivity index (χ2n) is 3.77. The van der Waals surface area contributed by atoms with E-state index in [0.717, 1.165) is 0 Å². The number of aliphatic hydroxyl groups excluding tert-OH is 1. The monoisotopic (exact) mass is 222 g/mol. The minimum atomic E-state index is -0.376. The van der Waals surface area contributed by atoms with Gasteiger partial charge in [0.15, 0.2) is 0 Å². The number of nitrogens with zero attached hydrogens (tertiary/aromatic N) is 2. The van der Waals surface area contributed by atoms with Gasteiger partial charge in [0.2, 0.25) is 0 Å². The topological polar surface area (TPSA) is 47.3 Å². The fourth-order valence-electron chi connectivity index (χ4n) is 1.44. The van der Waals surface area contributed by atoms with Crippen LogP contribution < -0.4 is 4.90 Å². The second-order valence-corrected chi connectivity index (χ2v) is 3.77. The van der Waals surface area contributed by atoms with Crippen molar-refractivity contribution in [2.45, 2.75) is 26.0 Å². The molecule has 0 saturated carbocycles. The molecule has 0 fully saturated rings. The summed E-state index contributed by atoms with van der Waals surface area (Å²) in [6, 6.07) is 6.62. The van der Waals surface area contributed by atoms with E-state index in [4.69, 9.17) is 10.4 Å². The Morgan fingerprint density at radius 3 is 2.75 bits per heavy atom. The molecule has 0 spiro atoms. The van der Waals surface area contributed by atoms with Crippen molar-refractivity contribution in [1.29, 1.82) is 5.26 Å². The molecule has 1 N–H and O–H groups in total. The van der Waals surface area contributed by atoms with Crippen LogP contribution >= 0.6 is 0 Å². The van der Waals surface area contributed by atoms with Crippen molar-refractivity contribution < 1.29 is 9.50 Å². The average molecular weight is 222 g/mol. The smallest absolute Gasteiger partial charge is 0.146 e. The molecule has 0 bridgehead atoms. The number of nitriles is 1. The number of anilines is 1. The SMILES string of the molecule is CC(CC#N)N(C)c1ccc(CO)cc1F. The van der Waals surface area contributed by atoms with E-state index in [1.165, 1.54) is 6.07 Å². The summed E-state index contributed by atoms with van der Waals surface area (Å²) in [4.78, 5) is 1.72. The molecule has 1 unspecified atom stereocenters. The van der Waals surface area contributed by atoms with Crippen LogP contribution in [-0.2, 0) is 6.61 Å². The molecule has 16 heavy (non-hydrogen) atoms. The Hall–Kier alpha value is -1.60. The lowest BCUT2D eigenvalue weighted by molar-refractivity contribution is 0.281. The van der Waals surface area contributed by atoms with Gasteiger partial charge < -0.3 is 10.0 Å². The Bertz CT molecular complexity index is 400. The summed E-state index contributed by atoms with van der Waals surface area (Å²) in [6.45, 7) is 1.69. The zero-order valence-corrected chi connectivity index (χ0v) is 9.44. The van der Waals surface area contributed by atoms with Crippen LogP contribution in [0.25, 0.3) is 0 Å². The predicted molar refractivity (Wildman–Crippen MR) is 60.4 cm³/mol. The maximum Gasteiger partial charge on any atom is 0.146 e. The van der Waals surface area contributed by atoms with Crippen molar-refractivity contribution in [2.24, 2.45) is 0 Å². The van der Waals surface area contributed by atoms with Gasteiger partial charge in [0.1, 0.15) is 5.82 Å². The minimum absolute atomic E-state index is 0.0422. The van der Waals surface area contributed by atoms with Crippen molar-refractivity contribution in [2.75, 3.05) is 11.9 Å². The van der Waals surface area contributed by atoms with Crippen LogP contribution in [0, 0.1) is 17.1 Å². The maximum absolute atomic E-state index is 13.7. The molecule has 1 atom stereocenters. The van der Waals surface area contributed by atoms with Gasteiger partial charge in [-0.05, 0) is 24.6 Å². The first-order valence-electron chi connectivity index (χ1n) is 5.09. The summed E-state index contributed by atoms with van der Waals surface area (Å²) in [5.41, 5.74) is 0.988. The molecule has 0 saturated heterocycles. The summed E-state index contributed by atoms with van der Waals surface area (Å²) in [5, 5.41) is 17.4. The first-order valence-corrected chi connectivity index (χ1v) is 5.09. The average Bonchev–Trinajstić information content (AvgIpc) is 2.28. The Morgan fingerprint density at radius 1 is 1.56 bits per heavy atom. The van der Waals surface area contributed by atoms with E-state index in [-0.39, 0.29) is 18.5 Å². The first kappa shape index (κ1) is 12.5. The normalized spacial score (nSPS) is 11.9. The molecule has 3 nitrogen and oxygen atoms in total. The summed E-state index contributed by atoms with van der Waals surface area (Å²) < 4.78 is 13.7. The highest BCUT2D eigenvalue weighted by Gasteiger charge is 2.13. The Labute approximate surface area is 94.7 Å². The molecule has 1 aromatic rings. The van der Waals surface area contributed by atoms with Crippen molar-refractivity contribution in [3.63, 3.8) is 0 Å². The van der Waals surface area contributed by atoms with E-state index in [9.17, 15) is 4.39 Å². The Balaban J connectivity index is 2.92. The quantitative estimate of drug-likeness (QED) is 0.848. The van der Waals surface area contributed by atoms with Crippen molar-refractivity contribution in [1.82, 2.24) is 0 Å². The van der Waals surface area contributed by atoms with Gasteiger partial charge in [-0.15, -0.1) is 0 Å². The van der Waals surface area contributed by atoms with Crippen LogP contribution in [-0.4, -0.2) is 18.2 Å². The van der Waals surface area contributed by atoms with Gasteiger partial charge in [0, 0.05) is 13.1 Å². The lowest BCUT2D eigenvalue weighted by Crippen LogP contribution is -2.29. The molecule has 0 aliphatic carbocycles. The maximum atomic E-state index is 13.7. The summed E-state index contributed by atoms with van der Waals surface area (Å²) in [5.74, 6) is -0.376. The molecule has 1 aromatic carbocycles. The standard InChI is InChI=1S/C12H15FN2O/c1-9(5-6-14)15(2)12-4-3-10(8-16)7-11(12)13/h3-4,7,9,16H,5,8H2,1-2H3. The van der Waals surface area contributed by atoms with E-state index in [2.05, 4.69) is 6.07 Å². The van der Waals surface area contributed by atoms with E-state index in [0.29, 0.717) is 17.7 Å². The molecule has 1 rings (SSSR count). The molecule has 0 amide bonds. The molecule has 86 valence electrons. The van der Waals surface area contributed by atoms with Crippen LogP contribution in [0.4, 0.5) is 10.1 Å². The third kappa shape index (κ3) is 2.71. The molecule has 0 radical (unpaired) electrons. The molecule has 0 aliphatic rings. The molecule has 0 heterocycles. The molecule has 0 aliphatic heterocycles. The van der Waals surface area contributed by atoms with Gasteiger partial charge in [0.05, 0.1) is 24.8 Å². The number of rotatable bonds is 4. The fraction of sp³-hybridized carbons (Fsp3) is 0.417. The molecular formula is C12H15FN2O. The number of benzene rings is 1. The summed E-state index contributed by atoms with van der Waals surface area (Å²) >= 11 is 0. The third-order valence-corrected chi connectivity index (χ3v) is 2.62. The summed E-state index contributed by atoms with van der Waals surface area (Å²) in [7, 11) is 1.75. The van der Waals surface area contributed by atoms with E-state index in [1.54, 1.807) is 24.1 Å². The van der Waals surface area contributed by atoms with Crippen molar-refractivity contribution in [3.05, 3.63) is 29.6 Å². The zero-order chi connectivity index (χ0) is 12.1. The van der Waals surface area contributed by atoms with Crippen molar-refractivity contribution in [3.8, 4) is 6.07 Å². The second kappa shape index (κ2) is 5.47. The van der Waals surface area contributed by atoms with Gasteiger partial charge in [-0.3, -0.25) is 0 Å². The predicted octanol–water partition coefficient (Wildman–Crippen LogP) is 2.06. The van der Waals surface area contributed by atoms with Gasteiger partial charge in [0.25, 0.3) is 0 Å². The summed E-state index contributed by atoms with van der Waals surface area (Å²) in [6.07, 6.45) is 0.345. The van der Waals surface area contributed by atoms with Crippen LogP contribution in [0.15, 0.2) is 18.2 Å². The van der Waals surface area contributed by atoms with Gasteiger partial charge >= 0.3 is 0 Å². The van der Waals surface area contributed by atoms with Crippen molar-refractivity contribution >= 4 is 5.69 Å². The highest BCUT2D eigenvalue weighted by Crippen LogP contribution is 2.22. The first-order chi connectivity index (χ1) is 7.60. The van der Waals surface area contributed by atoms with Gasteiger partial charge in [-0.2, -0.15) is 5.26 Å². The molecule has 0 aromatic heterocycles. The lowest BCUT2D eigenvalue weighted by atomic mass is 10.1. The Morgan fingerprint density at radius 2 is 2.25 bits per heavy atom. The number of hydrogen-bond acceptors (Lipinski definition) is 3.